The summed E-state index contributed by atoms with van der Waals surface area (Å²) in [6.07, 6.45) is -0.706. The zero-order valence-corrected chi connectivity index (χ0v) is 14.1. The number of aliphatic hydroxyl groups is 1. The van der Waals surface area contributed by atoms with Crippen LogP contribution in [0, 0.1) is 0 Å². The largest absolute Gasteiger partial charge is 0.388 e. The molecule has 0 bridgehead atoms. The summed E-state index contributed by atoms with van der Waals surface area (Å²) >= 11 is 12.0. The fourth-order valence-electron chi connectivity index (χ4n) is 2.41. The van der Waals surface area contributed by atoms with Crippen LogP contribution in [-0.4, -0.2) is 25.7 Å². The van der Waals surface area contributed by atoms with Crippen LogP contribution in [0.25, 0.3) is 0 Å². The Morgan fingerprint density at radius 2 is 1.77 bits per heavy atom. The van der Waals surface area contributed by atoms with Crippen molar-refractivity contribution in [2.45, 2.75) is 12.0 Å². The van der Waals surface area contributed by atoms with Crippen molar-refractivity contribution >= 4 is 28.9 Å². The van der Waals surface area contributed by atoms with Crippen molar-refractivity contribution in [1.82, 2.24) is 0 Å². The van der Waals surface area contributed by atoms with Crippen LogP contribution < -0.4 is 10.6 Å². The Hall–Kier alpha value is -1.26. The fraction of sp³-hybridized carbons (Fsp3) is 0.294. The lowest BCUT2D eigenvalue weighted by Gasteiger charge is -2.24. The molecule has 0 aromatic heterocycles. The summed E-state index contributed by atoms with van der Waals surface area (Å²) in [5.41, 5.74) is 8.61. The number of anilines is 1. The van der Waals surface area contributed by atoms with Gasteiger partial charge in [-0.3, -0.25) is 0 Å². The van der Waals surface area contributed by atoms with Gasteiger partial charge in [0.1, 0.15) is 0 Å². The highest BCUT2D eigenvalue weighted by Gasteiger charge is 2.22. The maximum absolute atomic E-state index is 10.7. The average Bonchev–Trinajstić information content (AvgIpc) is 2.51. The molecular formula is C17H20Cl2N2O. The summed E-state index contributed by atoms with van der Waals surface area (Å²) in [7, 11) is 3.93. The van der Waals surface area contributed by atoms with Crippen molar-refractivity contribution < 1.29 is 5.11 Å². The van der Waals surface area contributed by atoms with Crippen molar-refractivity contribution in [2.24, 2.45) is 5.73 Å². The van der Waals surface area contributed by atoms with Gasteiger partial charge in [0.05, 0.1) is 16.1 Å². The van der Waals surface area contributed by atoms with Crippen molar-refractivity contribution in [3.8, 4) is 0 Å². The highest BCUT2D eigenvalue weighted by Crippen LogP contribution is 2.34. The Labute approximate surface area is 141 Å². The van der Waals surface area contributed by atoms with Gasteiger partial charge >= 0.3 is 0 Å². The molecule has 0 saturated carbocycles. The molecule has 0 radical (unpaired) electrons. The summed E-state index contributed by atoms with van der Waals surface area (Å²) in [6.45, 7) is 0.311. The lowest BCUT2D eigenvalue weighted by atomic mass is 9.89. The molecule has 0 saturated heterocycles. The van der Waals surface area contributed by atoms with Crippen LogP contribution >= 0.6 is 23.2 Å². The number of hydrogen-bond acceptors (Lipinski definition) is 3. The summed E-state index contributed by atoms with van der Waals surface area (Å²) in [5.74, 6) is -0.243. The van der Waals surface area contributed by atoms with E-state index < -0.39 is 6.10 Å². The smallest absolute Gasteiger partial charge is 0.0871 e. The van der Waals surface area contributed by atoms with Crippen molar-refractivity contribution in [1.29, 1.82) is 0 Å². The van der Waals surface area contributed by atoms with Crippen LogP contribution in [0.4, 0.5) is 5.69 Å². The average molecular weight is 339 g/mol. The molecule has 3 N–H and O–H groups in total. The second-order valence-electron chi connectivity index (χ2n) is 5.45. The molecule has 0 amide bonds. The van der Waals surface area contributed by atoms with Gasteiger partial charge < -0.3 is 15.7 Å². The van der Waals surface area contributed by atoms with E-state index in [0.29, 0.717) is 16.6 Å². The van der Waals surface area contributed by atoms with Gasteiger partial charge in [-0.2, -0.15) is 0 Å². The molecular weight excluding hydrogens is 319 g/mol. The van der Waals surface area contributed by atoms with E-state index in [1.807, 2.05) is 49.3 Å². The van der Waals surface area contributed by atoms with Crippen molar-refractivity contribution in [2.75, 3.05) is 25.5 Å². The zero-order valence-electron chi connectivity index (χ0n) is 12.6. The lowest BCUT2D eigenvalue weighted by molar-refractivity contribution is 0.147. The van der Waals surface area contributed by atoms with Gasteiger partial charge in [-0.15, -0.1) is 0 Å². The molecule has 2 rings (SSSR count). The van der Waals surface area contributed by atoms with E-state index >= 15 is 0 Å². The van der Waals surface area contributed by atoms with Crippen LogP contribution in [0.2, 0.25) is 10.0 Å². The normalized spacial score (nSPS) is 13.7. The zero-order chi connectivity index (χ0) is 16.3. The van der Waals surface area contributed by atoms with E-state index in [9.17, 15) is 5.11 Å². The number of benzene rings is 2. The summed E-state index contributed by atoms with van der Waals surface area (Å²) in [5, 5.41) is 11.7. The first-order chi connectivity index (χ1) is 10.4. The molecule has 22 heavy (non-hydrogen) atoms. The summed E-state index contributed by atoms with van der Waals surface area (Å²) in [6, 6.07) is 13.1. The number of aliphatic hydroxyl groups excluding tert-OH is 1. The number of hydrogen-bond donors (Lipinski definition) is 2. The van der Waals surface area contributed by atoms with Gasteiger partial charge in [0.2, 0.25) is 0 Å². The van der Waals surface area contributed by atoms with Gasteiger partial charge in [0, 0.05) is 32.2 Å². The van der Waals surface area contributed by atoms with Gasteiger partial charge in [0.25, 0.3) is 0 Å². The molecule has 2 aromatic rings. The van der Waals surface area contributed by atoms with Gasteiger partial charge in [-0.1, -0.05) is 41.4 Å². The van der Waals surface area contributed by atoms with Gasteiger partial charge in [0.15, 0.2) is 0 Å². The highest BCUT2D eigenvalue weighted by atomic mass is 35.5. The van der Waals surface area contributed by atoms with E-state index in [-0.39, 0.29) is 5.92 Å². The maximum atomic E-state index is 10.7. The van der Waals surface area contributed by atoms with Crippen molar-refractivity contribution in [3.63, 3.8) is 0 Å². The molecule has 0 aliphatic heterocycles. The van der Waals surface area contributed by atoms with Crippen LogP contribution in [0.5, 0.6) is 0 Å². The second kappa shape index (κ2) is 7.34. The monoisotopic (exact) mass is 338 g/mol. The molecule has 0 heterocycles. The molecule has 118 valence electrons. The fourth-order valence-corrected chi connectivity index (χ4v) is 2.72. The SMILES string of the molecule is CN(C)c1cccc(C(O)C(CN)c2ccc(Cl)c(Cl)c2)c1. The first-order valence-corrected chi connectivity index (χ1v) is 7.80. The van der Waals surface area contributed by atoms with Crippen molar-refractivity contribution in [3.05, 3.63) is 63.6 Å². The Bertz CT molecular complexity index is 646. The predicted octanol–water partition coefficient (Wildman–Crippen LogP) is 3.84. The summed E-state index contributed by atoms with van der Waals surface area (Å²) in [4.78, 5) is 1.99. The van der Waals surface area contributed by atoms with E-state index in [2.05, 4.69) is 0 Å². The molecule has 2 atom stereocenters. The summed E-state index contributed by atoms with van der Waals surface area (Å²) < 4.78 is 0. The Morgan fingerprint density at radius 3 is 2.36 bits per heavy atom. The molecule has 5 heteroatoms. The number of halogens is 2. The van der Waals surface area contributed by atoms with Crippen LogP contribution in [0.3, 0.4) is 0 Å². The predicted molar refractivity (Wildman–Crippen MR) is 94.0 cm³/mol. The maximum Gasteiger partial charge on any atom is 0.0871 e. The van der Waals surface area contributed by atoms with Gasteiger partial charge in [-0.25, -0.2) is 0 Å². The third kappa shape index (κ3) is 3.73. The Morgan fingerprint density at radius 1 is 1.05 bits per heavy atom. The number of nitrogens with two attached hydrogens (primary N) is 1. The lowest BCUT2D eigenvalue weighted by Crippen LogP contribution is -2.20. The minimum atomic E-state index is -0.706. The van der Waals surface area contributed by atoms with E-state index in [4.69, 9.17) is 28.9 Å². The van der Waals surface area contributed by atoms with E-state index in [1.54, 1.807) is 12.1 Å². The molecule has 0 aliphatic carbocycles. The number of rotatable bonds is 5. The molecule has 2 aromatic carbocycles. The molecule has 0 aliphatic rings. The van der Waals surface area contributed by atoms with Gasteiger partial charge in [-0.05, 0) is 35.4 Å². The van der Waals surface area contributed by atoms with Crippen LogP contribution in [-0.2, 0) is 0 Å². The van der Waals surface area contributed by atoms with E-state index in [0.717, 1.165) is 16.8 Å². The molecule has 0 spiro atoms. The van der Waals surface area contributed by atoms with Crippen LogP contribution in [0.1, 0.15) is 23.1 Å². The van der Waals surface area contributed by atoms with Crippen LogP contribution in [0.15, 0.2) is 42.5 Å². The topological polar surface area (TPSA) is 49.5 Å². The first-order valence-electron chi connectivity index (χ1n) is 7.04. The minimum Gasteiger partial charge on any atom is -0.388 e. The molecule has 3 nitrogen and oxygen atoms in total. The standard InChI is InChI=1S/C17H20Cl2N2O/c1-21(2)13-5-3-4-12(8-13)17(22)14(10-20)11-6-7-15(18)16(19)9-11/h3-9,14,17,22H,10,20H2,1-2H3. The number of nitrogens with zero attached hydrogens (tertiary/aromatic N) is 1. The third-order valence-electron chi connectivity index (χ3n) is 3.74. The Kier molecular flexibility index (Phi) is 5.70. The minimum absolute atomic E-state index is 0.243. The molecule has 2 unspecified atom stereocenters. The third-order valence-corrected chi connectivity index (χ3v) is 4.47. The Balaban J connectivity index is 2.34. The second-order valence-corrected chi connectivity index (χ2v) is 6.26. The highest BCUT2D eigenvalue weighted by molar-refractivity contribution is 6.42. The van der Waals surface area contributed by atoms with E-state index in [1.165, 1.54) is 0 Å². The molecule has 0 fully saturated rings. The quantitative estimate of drug-likeness (QED) is 0.870. The first kappa shape index (κ1) is 17.1.